The second kappa shape index (κ2) is 8.14. The number of hydrogen-bond acceptors (Lipinski definition) is 6. The van der Waals surface area contributed by atoms with Crippen LogP contribution >= 0.6 is 23.2 Å². The molecule has 0 spiro atoms. The zero-order valence-corrected chi connectivity index (χ0v) is 17.4. The fraction of sp³-hybridized carbons (Fsp3) is 0.286. The molecule has 1 fully saturated rings. The monoisotopic (exact) mass is 428 g/mol. The van der Waals surface area contributed by atoms with Crippen LogP contribution in [0.1, 0.15) is 18.4 Å². The highest BCUT2D eigenvalue weighted by molar-refractivity contribution is 6.43. The first-order chi connectivity index (χ1) is 14.0. The maximum atomic E-state index is 6.31. The van der Waals surface area contributed by atoms with Gasteiger partial charge in [-0.15, -0.1) is 0 Å². The lowest BCUT2D eigenvalue weighted by Gasteiger charge is -2.42. The maximum absolute atomic E-state index is 6.31. The smallest absolute Gasteiger partial charge is 0.152 e. The lowest BCUT2D eigenvalue weighted by atomic mass is 9.73. The van der Waals surface area contributed by atoms with E-state index in [1.807, 2.05) is 24.5 Å². The number of nitrogens with two attached hydrogens (primary N) is 2. The van der Waals surface area contributed by atoms with Crippen molar-refractivity contribution >= 4 is 34.8 Å². The largest absolute Gasteiger partial charge is 0.382 e. The van der Waals surface area contributed by atoms with Gasteiger partial charge in [0.1, 0.15) is 11.5 Å². The topological polar surface area (TPSA) is 94.0 Å². The van der Waals surface area contributed by atoms with Crippen LogP contribution in [0.3, 0.4) is 0 Å². The molecule has 4 N–H and O–H groups in total. The standard InChI is InChI=1S/C21H22Cl2N6/c22-16-3-1-2-15(18(16)23)19-20(25)28-17(12-27-19)29-10-6-21(13-24,7-11-29)14-4-8-26-9-5-14/h1-5,8-9,12H,6-7,10-11,13,24H2,(H2,25,28). The van der Waals surface area contributed by atoms with E-state index >= 15 is 0 Å². The Morgan fingerprint density at radius 2 is 1.79 bits per heavy atom. The number of nitrogens with zero attached hydrogens (tertiary/aromatic N) is 4. The molecule has 1 aliphatic rings. The highest BCUT2D eigenvalue weighted by atomic mass is 35.5. The van der Waals surface area contributed by atoms with Crippen LogP contribution in [0.5, 0.6) is 0 Å². The molecule has 0 radical (unpaired) electrons. The van der Waals surface area contributed by atoms with Crippen LogP contribution in [-0.2, 0) is 5.41 Å². The van der Waals surface area contributed by atoms with Crippen molar-refractivity contribution in [2.75, 3.05) is 30.3 Å². The number of rotatable bonds is 4. The predicted molar refractivity (Wildman–Crippen MR) is 118 cm³/mol. The fourth-order valence-electron chi connectivity index (χ4n) is 3.92. The third-order valence-corrected chi connectivity index (χ3v) is 6.54. The molecule has 0 saturated carbocycles. The summed E-state index contributed by atoms with van der Waals surface area (Å²) in [6.07, 6.45) is 7.24. The third-order valence-electron chi connectivity index (χ3n) is 5.72. The quantitative estimate of drug-likeness (QED) is 0.653. The Bertz CT molecular complexity index is 1000. The first-order valence-electron chi connectivity index (χ1n) is 9.46. The summed E-state index contributed by atoms with van der Waals surface area (Å²) in [5.74, 6) is 1.08. The molecule has 0 atom stereocenters. The second-order valence-corrected chi connectivity index (χ2v) is 8.06. The molecule has 0 unspecified atom stereocenters. The summed E-state index contributed by atoms with van der Waals surface area (Å²) in [6, 6.07) is 9.49. The SMILES string of the molecule is NCC1(c2ccncc2)CCN(c2cnc(-c3cccc(Cl)c3Cl)c(N)n2)CC1. The number of aromatic nitrogens is 3. The molecule has 3 heterocycles. The molecule has 0 bridgehead atoms. The molecule has 6 nitrogen and oxygen atoms in total. The van der Waals surface area contributed by atoms with Gasteiger partial charge in [0.2, 0.25) is 0 Å². The van der Waals surface area contributed by atoms with Crippen LogP contribution in [0.2, 0.25) is 10.0 Å². The lowest BCUT2D eigenvalue weighted by Crippen LogP contribution is -2.47. The molecule has 29 heavy (non-hydrogen) atoms. The van der Waals surface area contributed by atoms with Gasteiger partial charge in [0.25, 0.3) is 0 Å². The number of piperidine rings is 1. The van der Waals surface area contributed by atoms with Gasteiger partial charge in [-0.25, -0.2) is 9.97 Å². The Labute approximate surface area is 179 Å². The Hall–Kier alpha value is -2.41. The summed E-state index contributed by atoms with van der Waals surface area (Å²) < 4.78 is 0. The zero-order valence-electron chi connectivity index (χ0n) is 15.9. The molecular formula is C21H22Cl2N6. The molecule has 3 aromatic rings. The molecular weight excluding hydrogens is 407 g/mol. The van der Waals surface area contributed by atoms with Crippen LogP contribution in [0, 0.1) is 0 Å². The summed E-state index contributed by atoms with van der Waals surface area (Å²) >= 11 is 12.4. The average molecular weight is 429 g/mol. The number of anilines is 2. The van der Waals surface area contributed by atoms with Crippen LogP contribution in [0.4, 0.5) is 11.6 Å². The van der Waals surface area contributed by atoms with E-state index in [1.54, 1.807) is 12.3 Å². The molecule has 150 valence electrons. The van der Waals surface area contributed by atoms with Crippen molar-refractivity contribution in [3.63, 3.8) is 0 Å². The zero-order chi connectivity index (χ0) is 20.4. The predicted octanol–water partition coefficient (Wildman–Crippen LogP) is 3.92. The minimum atomic E-state index is -0.0351. The van der Waals surface area contributed by atoms with Gasteiger partial charge in [-0.05, 0) is 36.6 Å². The highest BCUT2D eigenvalue weighted by Crippen LogP contribution is 2.37. The van der Waals surface area contributed by atoms with E-state index in [-0.39, 0.29) is 5.41 Å². The van der Waals surface area contributed by atoms with Gasteiger partial charge in [0.15, 0.2) is 5.82 Å². The van der Waals surface area contributed by atoms with Crippen molar-refractivity contribution in [2.24, 2.45) is 5.73 Å². The van der Waals surface area contributed by atoms with E-state index in [1.165, 1.54) is 5.56 Å². The van der Waals surface area contributed by atoms with Crippen molar-refractivity contribution in [1.29, 1.82) is 0 Å². The first kappa shape index (κ1) is 19.9. The van der Waals surface area contributed by atoms with E-state index < -0.39 is 0 Å². The lowest BCUT2D eigenvalue weighted by molar-refractivity contribution is 0.338. The Balaban J connectivity index is 1.55. The van der Waals surface area contributed by atoms with Crippen LogP contribution in [-0.4, -0.2) is 34.6 Å². The maximum Gasteiger partial charge on any atom is 0.152 e. The molecule has 1 aromatic carbocycles. The molecule has 4 rings (SSSR count). The molecule has 2 aromatic heterocycles. The molecule has 1 aliphatic heterocycles. The number of nitrogen functional groups attached to an aromatic ring is 1. The number of benzene rings is 1. The van der Waals surface area contributed by atoms with Crippen molar-refractivity contribution in [1.82, 2.24) is 15.0 Å². The summed E-state index contributed by atoms with van der Waals surface area (Å²) in [6.45, 7) is 2.25. The van der Waals surface area contributed by atoms with Crippen molar-refractivity contribution in [2.45, 2.75) is 18.3 Å². The van der Waals surface area contributed by atoms with Gasteiger partial charge in [-0.1, -0.05) is 35.3 Å². The van der Waals surface area contributed by atoms with Gasteiger partial charge < -0.3 is 16.4 Å². The van der Waals surface area contributed by atoms with Crippen LogP contribution in [0.15, 0.2) is 48.9 Å². The highest BCUT2D eigenvalue weighted by Gasteiger charge is 2.35. The van der Waals surface area contributed by atoms with E-state index in [4.69, 9.17) is 34.7 Å². The van der Waals surface area contributed by atoms with Gasteiger partial charge >= 0.3 is 0 Å². The van der Waals surface area contributed by atoms with Crippen molar-refractivity contribution in [3.8, 4) is 11.3 Å². The fourth-order valence-corrected chi connectivity index (χ4v) is 4.31. The average Bonchev–Trinajstić information content (AvgIpc) is 2.76. The minimum absolute atomic E-state index is 0.0351. The van der Waals surface area contributed by atoms with Gasteiger partial charge in [0.05, 0.1) is 16.2 Å². The summed E-state index contributed by atoms with van der Waals surface area (Å²) in [7, 11) is 0. The third kappa shape index (κ3) is 3.75. The Kier molecular flexibility index (Phi) is 5.58. The van der Waals surface area contributed by atoms with Crippen molar-refractivity contribution in [3.05, 3.63) is 64.5 Å². The molecule has 0 aliphatic carbocycles. The van der Waals surface area contributed by atoms with Crippen LogP contribution in [0.25, 0.3) is 11.3 Å². The van der Waals surface area contributed by atoms with Crippen molar-refractivity contribution < 1.29 is 0 Å². The number of pyridine rings is 1. The van der Waals surface area contributed by atoms with Gasteiger partial charge in [0, 0.05) is 43.0 Å². The van der Waals surface area contributed by atoms with E-state index in [2.05, 4.69) is 32.0 Å². The molecule has 8 heteroatoms. The summed E-state index contributed by atoms with van der Waals surface area (Å²) in [4.78, 5) is 15.4. The molecule has 0 amide bonds. The van der Waals surface area contributed by atoms with E-state index in [0.717, 1.165) is 31.7 Å². The Morgan fingerprint density at radius 3 is 2.45 bits per heavy atom. The van der Waals surface area contributed by atoms with Gasteiger partial charge in [-0.2, -0.15) is 0 Å². The number of hydrogen-bond donors (Lipinski definition) is 2. The Morgan fingerprint density at radius 1 is 1.07 bits per heavy atom. The normalized spacial score (nSPS) is 16.0. The number of halogens is 2. The minimum Gasteiger partial charge on any atom is -0.382 e. The van der Waals surface area contributed by atoms with E-state index in [0.29, 0.717) is 33.7 Å². The first-order valence-corrected chi connectivity index (χ1v) is 10.2. The molecule has 1 saturated heterocycles. The van der Waals surface area contributed by atoms with Gasteiger partial charge in [-0.3, -0.25) is 4.98 Å². The second-order valence-electron chi connectivity index (χ2n) is 7.27. The van der Waals surface area contributed by atoms with Crippen LogP contribution < -0.4 is 16.4 Å². The summed E-state index contributed by atoms with van der Waals surface area (Å²) in [5, 5.41) is 0.880. The summed E-state index contributed by atoms with van der Waals surface area (Å²) in [5.41, 5.74) is 14.8. The van der Waals surface area contributed by atoms with E-state index in [9.17, 15) is 0 Å².